The van der Waals surface area contributed by atoms with E-state index >= 15 is 0 Å². The van der Waals surface area contributed by atoms with Crippen LogP contribution in [0.25, 0.3) is 5.69 Å². The van der Waals surface area contributed by atoms with Crippen molar-refractivity contribution in [2.24, 2.45) is 5.16 Å². The van der Waals surface area contributed by atoms with E-state index in [0.29, 0.717) is 16.5 Å². The van der Waals surface area contributed by atoms with Crippen LogP contribution in [0.5, 0.6) is 5.75 Å². The van der Waals surface area contributed by atoms with Crippen molar-refractivity contribution in [3.63, 3.8) is 0 Å². The van der Waals surface area contributed by atoms with Crippen molar-refractivity contribution >= 4 is 29.4 Å². The topological polar surface area (TPSA) is 90.6 Å². The minimum Gasteiger partial charge on any atom is -0.495 e. The standard InChI is InChI=1S/C19H18ClN5O3/c1-13(19(26)24-15-5-8-18(27-2)17(20)9-15)28-23-10-14-3-6-16(7-4-14)25-12-21-11-22-25/h3-13H,1-2H3,(H,24,26). The molecule has 144 valence electrons. The Morgan fingerprint density at radius 1 is 1.29 bits per heavy atom. The highest BCUT2D eigenvalue weighted by Gasteiger charge is 2.15. The van der Waals surface area contributed by atoms with Crippen molar-refractivity contribution in [3.05, 3.63) is 65.7 Å². The number of nitrogens with zero attached hydrogens (tertiary/aromatic N) is 4. The lowest BCUT2D eigenvalue weighted by Crippen LogP contribution is -2.26. The number of benzene rings is 2. The van der Waals surface area contributed by atoms with Gasteiger partial charge in [-0.1, -0.05) is 28.9 Å². The van der Waals surface area contributed by atoms with Gasteiger partial charge in [0.15, 0.2) is 0 Å². The number of aromatic nitrogens is 3. The minimum atomic E-state index is -0.786. The Balaban J connectivity index is 1.53. The van der Waals surface area contributed by atoms with Gasteiger partial charge in [0.1, 0.15) is 18.4 Å². The summed E-state index contributed by atoms with van der Waals surface area (Å²) in [6.45, 7) is 1.60. The van der Waals surface area contributed by atoms with Crippen LogP contribution in [0, 0.1) is 0 Å². The summed E-state index contributed by atoms with van der Waals surface area (Å²) < 4.78 is 6.73. The first-order valence-electron chi connectivity index (χ1n) is 8.35. The zero-order valence-electron chi connectivity index (χ0n) is 15.2. The molecule has 0 aliphatic rings. The lowest BCUT2D eigenvalue weighted by atomic mass is 10.2. The number of anilines is 1. The summed E-state index contributed by atoms with van der Waals surface area (Å²) in [6.07, 6.45) is 3.82. The first-order valence-corrected chi connectivity index (χ1v) is 8.73. The van der Waals surface area contributed by atoms with E-state index < -0.39 is 6.10 Å². The largest absolute Gasteiger partial charge is 0.495 e. The van der Waals surface area contributed by atoms with Crippen molar-refractivity contribution in [2.75, 3.05) is 12.4 Å². The molecule has 1 unspecified atom stereocenters. The highest BCUT2D eigenvalue weighted by atomic mass is 35.5. The Hall–Kier alpha value is -3.39. The van der Waals surface area contributed by atoms with Crippen LogP contribution < -0.4 is 10.1 Å². The summed E-state index contributed by atoms with van der Waals surface area (Å²) in [5, 5.41) is 11.0. The van der Waals surface area contributed by atoms with Crippen LogP contribution in [0.2, 0.25) is 5.02 Å². The number of amides is 1. The second-order valence-corrected chi connectivity index (χ2v) is 6.16. The molecule has 28 heavy (non-hydrogen) atoms. The van der Waals surface area contributed by atoms with E-state index in [1.54, 1.807) is 36.1 Å². The van der Waals surface area contributed by atoms with Crippen molar-refractivity contribution in [3.8, 4) is 11.4 Å². The highest BCUT2D eigenvalue weighted by Crippen LogP contribution is 2.27. The number of nitrogens with one attached hydrogen (secondary N) is 1. The molecule has 1 aromatic heterocycles. The maximum Gasteiger partial charge on any atom is 0.267 e. The number of carbonyl (C=O) groups excluding carboxylic acids is 1. The van der Waals surface area contributed by atoms with E-state index in [0.717, 1.165) is 11.3 Å². The molecule has 9 heteroatoms. The van der Waals surface area contributed by atoms with Gasteiger partial charge in [-0.3, -0.25) is 4.79 Å². The fourth-order valence-electron chi connectivity index (χ4n) is 2.27. The lowest BCUT2D eigenvalue weighted by molar-refractivity contribution is -0.126. The van der Waals surface area contributed by atoms with Crippen LogP contribution in [0.3, 0.4) is 0 Å². The fraction of sp³-hybridized carbons (Fsp3) is 0.158. The monoisotopic (exact) mass is 399 g/mol. The number of rotatable bonds is 7. The second kappa shape index (κ2) is 9.01. The molecule has 1 amide bonds. The predicted octanol–water partition coefficient (Wildman–Crippen LogP) is 3.31. The molecule has 0 aliphatic heterocycles. The van der Waals surface area contributed by atoms with Crippen molar-refractivity contribution < 1.29 is 14.4 Å². The van der Waals surface area contributed by atoms with Crippen LogP contribution in [-0.2, 0) is 9.63 Å². The molecular weight excluding hydrogens is 382 g/mol. The maximum absolute atomic E-state index is 12.2. The van der Waals surface area contributed by atoms with Crippen LogP contribution in [0.15, 0.2) is 60.3 Å². The highest BCUT2D eigenvalue weighted by molar-refractivity contribution is 6.32. The van der Waals surface area contributed by atoms with Crippen LogP contribution >= 0.6 is 11.6 Å². The van der Waals surface area contributed by atoms with Gasteiger partial charge in [-0.15, -0.1) is 0 Å². The summed E-state index contributed by atoms with van der Waals surface area (Å²) in [4.78, 5) is 21.3. The van der Waals surface area contributed by atoms with Gasteiger partial charge in [0.2, 0.25) is 6.10 Å². The van der Waals surface area contributed by atoms with Gasteiger partial charge < -0.3 is 14.9 Å². The summed E-state index contributed by atoms with van der Waals surface area (Å²) >= 11 is 6.05. The van der Waals surface area contributed by atoms with Crippen LogP contribution in [0.1, 0.15) is 12.5 Å². The van der Waals surface area contributed by atoms with Gasteiger partial charge in [-0.25, -0.2) is 9.67 Å². The number of methoxy groups -OCH3 is 1. The molecule has 0 fully saturated rings. The van der Waals surface area contributed by atoms with Crippen molar-refractivity contribution in [1.29, 1.82) is 0 Å². The zero-order chi connectivity index (χ0) is 19.9. The van der Waals surface area contributed by atoms with E-state index in [2.05, 4.69) is 20.6 Å². The smallest absolute Gasteiger partial charge is 0.267 e. The van der Waals surface area contributed by atoms with E-state index in [-0.39, 0.29) is 5.91 Å². The second-order valence-electron chi connectivity index (χ2n) is 5.75. The molecule has 3 aromatic rings. The molecule has 0 aliphatic carbocycles. The summed E-state index contributed by atoms with van der Waals surface area (Å²) in [7, 11) is 1.52. The number of ether oxygens (including phenoxy) is 1. The van der Waals surface area contributed by atoms with E-state index in [1.807, 2.05) is 24.3 Å². The summed E-state index contributed by atoms with van der Waals surface area (Å²) in [5.74, 6) is 0.184. The SMILES string of the molecule is COc1ccc(NC(=O)C(C)ON=Cc2ccc(-n3cncn3)cc2)cc1Cl. The van der Waals surface area contributed by atoms with Gasteiger partial charge in [-0.2, -0.15) is 5.10 Å². The molecule has 1 heterocycles. The van der Waals surface area contributed by atoms with Crippen molar-refractivity contribution in [1.82, 2.24) is 14.8 Å². The van der Waals surface area contributed by atoms with Crippen LogP contribution in [-0.4, -0.2) is 40.1 Å². The Morgan fingerprint density at radius 2 is 2.07 bits per heavy atom. The first-order chi connectivity index (χ1) is 13.6. The molecule has 0 bridgehead atoms. The van der Waals surface area contributed by atoms with Gasteiger partial charge >= 0.3 is 0 Å². The molecule has 0 spiro atoms. The van der Waals surface area contributed by atoms with Gasteiger partial charge in [0.25, 0.3) is 5.91 Å². The average Bonchev–Trinajstić information content (AvgIpc) is 3.23. The molecule has 1 N–H and O–H groups in total. The molecule has 0 radical (unpaired) electrons. The third-order valence-electron chi connectivity index (χ3n) is 3.79. The number of oxime groups is 1. The first kappa shape index (κ1) is 19.4. The summed E-state index contributed by atoms with van der Waals surface area (Å²) in [6, 6.07) is 12.4. The Labute approximate surface area is 166 Å². The van der Waals surface area contributed by atoms with E-state index in [1.165, 1.54) is 19.7 Å². The molecule has 2 aromatic carbocycles. The predicted molar refractivity (Wildman–Crippen MR) is 106 cm³/mol. The molecule has 0 saturated carbocycles. The Morgan fingerprint density at radius 3 is 2.71 bits per heavy atom. The maximum atomic E-state index is 12.2. The molecule has 0 saturated heterocycles. The Kier molecular flexibility index (Phi) is 6.23. The molecule has 1 atom stereocenters. The number of carbonyl (C=O) groups is 1. The molecule has 3 rings (SSSR count). The molecular formula is C19H18ClN5O3. The van der Waals surface area contributed by atoms with Gasteiger partial charge in [0, 0.05) is 5.69 Å². The number of halogens is 1. The average molecular weight is 400 g/mol. The summed E-state index contributed by atoms with van der Waals surface area (Å²) in [5.41, 5.74) is 2.24. The fourth-order valence-corrected chi connectivity index (χ4v) is 2.53. The lowest BCUT2D eigenvalue weighted by Gasteiger charge is -2.11. The number of hydrogen-bond acceptors (Lipinski definition) is 6. The normalized spacial score (nSPS) is 12.0. The van der Waals surface area contributed by atoms with Gasteiger partial charge in [0.05, 0.1) is 24.0 Å². The van der Waals surface area contributed by atoms with Crippen molar-refractivity contribution in [2.45, 2.75) is 13.0 Å². The minimum absolute atomic E-state index is 0.347. The Bertz CT molecular complexity index is 958. The van der Waals surface area contributed by atoms with E-state index in [9.17, 15) is 4.79 Å². The van der Waals surface area contributed by atoms with Gasteiger partial charge in [-0.05, 0) is 42.8 Å². The number of hydrogen-bond donors (Lipinski definition) is 1. The van der Waals surface area contributed by atoms with Crippen LogP contribution in [0.4, 0.5) is 5.69 Å². The molecule has 8 nitrogen and oxygen atoms in total. The third kappa shape index (κ3) is 4.86. The third-order valence-corrected chi connectivity index (χ3v) is 4.08. The van der Waals surface area contributed by atoms with E-state index in [4.69, 9.17) is 21.2 Å². The zero-order valence-corrected chi connectivity index (χ0v) is 16.0. The quantitative estimate of drug-likeness (QED) is 0.486.